The van der Waals surface area contributed by atoms with Crippen molar-refractivity contribution in [2.45, 2.75) is 17.7 Å². The van der Waals surface area contributed by atoms with Gasteiger partial charge in [-0.3, -0.25) is 4.90 Å². The lowest BCUT2D eigenvalue weighted by atomic mass is 10.0. The van der Waals surface area contributed by atoms with Crippen LogP contribution in [0.2, 0.25) is 0 Å². The van der Waals surface area contributed by atoms with E-state index in [1.165, 1.54) is 38.4 Å². The fraction of sp³-hybridized carbons (Fsp3) is 1.00. The highest BCUT2D eigenvalue weighted by atomic mass is 32.2. The third-order valence-corrected chi connectivity index (χ3v) is 4.76. The molecule has 3 rings (SSSR count). The molecule has 3 fully saturated rings. The first-order valence-corrected chi connectivity index (χ1v) is 6.03. The maximum atomic E-state index is 3.35. The Morgan fingerprint density at radius 1 is 1.42 bits per heavy atom. The van der Waals surface area contributed by atoms with Gasteiger partial charge in [0.2, 0.25) is 0 Å². The van der Waals surface area contributed by atoms with Crippen LogP contribution >= 0.6 is 11.8 Å². The molecule has 0 aromatic heterocycles. The van der Waals surface area contributed by atoms with Crippen LogP contribution in [0.5, 0.6) is 0 Å². The van der Waals surface area contributed by atoms with E-state index >= 15 is 0 Å². The summed E-state index contributed by atoms with van der Waals surface area (Å²) in [4.78, 5) is 2.73. The molecule has 3 aliphatic heterocycles. The molecular weight excluding hydrogens is 168 g/mol. The first-order valence-electron chi connectivity index (χ1n) is 4.98. The Kier molecular flexibility index (Phi) is 1.85. The molecule has 0 saturated carbocycles. The molecule has 0 aromatic carbocycles. The lowest BCUT2D eigenvalue weighted by Crippen LogP contribution is -2.50. The summed E-state index contributed by atoms with van der Waals surface area (Å²) in [6.45, 7) is 5.28. The number of likely N-dealkylation sites (tertiary alicyclic amines) is 1. The summed E-state index contributed by atoms with van der Waals surface area (Å²) < 4.78 is 0. The van der Waals surface area contributed by atoms with Gasteiger partial charge in [0, 0.05) is 43.2 Å². The zero-order chi connectivity index (χ0) is 7.97. The van der Waals surface area contributed by atoms with E-state index in [1.807, 2.05) is 0 Å². The van der Waals surface area contributed by atoms with E-state index in [0.717, 1.165) is 17.2 Å². The van der Waals surface area contributed by atoms with Gasteiger partial charge in [0.25, 0.3) is 0 Å². The molecule has 2 unspecified atom stereocenters. The second-order valence-corrected chi connectivity index (χ2v) is 5.66. The second kappa shape index (κ2) is 2.89. The SMILES string of the molecule is C1NCC1CN1CC2CC1CS2. The standard InChI is InChI=1S/C9H16N2S/c1-8-6-12-9(1)5-11(8)4-7-2-10-3-7/h7-10H,1-6H2. The Morgan fingerprint density at radius 2 is 2.33 bits per heavy atom. The van der Waals surface area contributed by atoms with Crippen molar-refractivity contribution >= 4 is 11.8 Å². The first-order chi connectivity index (χ1) is 5.92. The lowest BCUT2D eigenvalue weighted by Gasteiger charge is -2.35. The normalized spacial score (nSPS) is 42.0. The quantitative estimate of drug-likeness (QED) is 0.668. The molecule has 0 aromatic rings. The van der Waals surface area contributed by atoms with Gasteiger partial charge in [0.05, 0.1) is 0 Å². The van der Waals surface area contributed by atoms with Crippen molar-refractivity contribution in [3.8, 4) is 0 Å². The zero-order valence-corrected chi connectivity index (χ0v) is 8.15. The van der Waals surface area contributed by atoms with Crippen LogP contribution < -0.4 is 5.32 Å². The molecule has 0 aliphatic carbocycles. The van der Waals surface area contributed by atoms with Crippen LogP contribution in [-0.4, -0.2) is 48.1 Å². The fourth-order valence-electron chi connectivity index (χ4n) is 2.51. The summed E-state index contributed by atoms with van der Waals surface area (Å²) >= 11 is 2.19. The van der Waals surface area contributed by atoms with Crippen molar-refractivity contribution in [3.05, 3.63) is 0 Å². The first kappa shape index (κ1) is 7.65. The third kappa shape index (κ3) is 1.19. The summed E-state index contributed by atoms with van der Waals surface area (Å²) in [5, 5.41) is 4.34. The van der Waals surface area contributed by atoms with E-state index in [0.29, 0.717) is 0 Å². The van der Waals surface area contributed by atoms with E-state index in [4.69, 9.17) is 0 Å². The molecule has 12 heavy (non-hydrogen) atoms. The summed E-state index contributed by atoms with van der Waals surface area (Å²) in [5.74, 6) is 2.37. The van der Waals surface area contributed by atoms with Crippen LogP contribution in [0, 0.1) is 5.92 Å². The highest BCUT2D eigenvalue weighted by molar-refractivity contribution is 8.00. The monoisotopic (exact) mass is 184 g/mol. The van der Waals surface area contributed by atoms with E-state index in [1.54, 1.807) is 0 Å². The number of rotatable bonds is 2. The van der Waals surface area contributed by atoms with Gasteiger partial charge in [-0.05, 0) is 12.3 Å². The van der Waals surface area contributed by atoms with E-state index in [-0.39, 0.29) is 0 Å². The van der Waals surface area contributed by atoms with Crippen LogP contribution in [0.3, 0.4) is 0 Å². The minimum atomic E-state index is 0.945. The number of hydrogen-bond acceptors (Lipinski definition) is 3. The molecule has 1 N–H and O–H groups in total. The lowest BCUT2D eigenvalue weighted by molar-refractivity contribution is 0.188. The summed E-state index contributed by atoms with van der Waals surface area (Å²) in [6.07, 6.45) is 1.48. The Balaban J connectivity index is 1.56. The number of nitrogens with one attached hydrogen (secondary N) is 1. The van der Waals surface area contributed by atoms with Gasteiger partial charge in [-0.25, -0.2) is 0 Å². The maximum absolute atomic E-state index is 3.35. The van der Waals surface area contributed by atoms with Gasteiger partial charge in [0.15, 0.2) is 0 Å². The molecule has 0 amide bonds. The second-order valence-electron chi connectivity index (χ2n) is 4.32. The Hall–Kier alpha value is 0.270. The van der Waals surface area contributed by atoms with Crippen LogP contribution in [0.15, 0.2) is 0 Å². The molecule has 0 radical (unpaired) electrons. The van der Waals surface area contributed by atoms with Gasteiger partial charge in [0.1, 0.15) is 0 Å². The van der Waals surface area contributed by atoms with Gasteiger partial charge >= 0.3 is 0 Å². The molecule has 2 nitrogen and oxygen atoms in total. The van der Waals surface area contributed by atoms with E-state index in [9.17, 15) is 0 Å². The molecule has 0 spiro atoms. The Morgan fingerprint density at radius 3 is 2.83 bits per heavy atom. The summed E-state index contributed by atoms with van der Waals surface area (Å²) in [7, 11) is 0. The van der Waals surface area contributed by atoms with Gasteiger partial charge in [-0.1, -0.05) is 0 Å². The summed E-state index contributed by atoms with van der Waals surface area (Å²) in [5.41, 5.74) is 0. The van der Waals surface area contributed by atoms with Crippen LogP contribution in [0.4, 0.5) is 0 Å². The molecule has 68 valence electrons. The van der Waals surface area contributed by atoms with Crippen molar-refractivity contribution < 1.29 is 0 Å². The molecule has 3 aliphatic rings. The molecule has 3 heteroatoms. The van der Waals surface area contributed by atoms with Crippen LogP contribution in [-0.2, 0) is 0 Å². The predicted octanol–water partition coefficient (Wildman–Crippen LogP) is 0.395. The van der Waals surface area contributed by atoms with Crippen LogP contribution in [0.1, 0.15) is 6.42 Å². The molecular formula is C9H16N2S. The van der Waals surface area contributed by atoms with Gasteiger partial charge < -0.3 is 5.32 Å². The molecule has 2 atom stereocenters. The number of nitrogens with zero attached hydrogens (tertiary/aromatic N) is 1. The number of fused-ring (bicyclic) bond motifs is 2. The third-order valence-electron chi connectivity index (χ3n) is 3.37. The number of hydrogen-bond donors (Lipinski definition) is 1. The van der Waals surface area contributed by atoms with E-state index < -0.39 is 0 Å². The number of thioether (sulfide) groups is 1. The molecule has 3 heterocycles. The smallest absolute Gasteiger partial charge is 0.0198 e. The fourth-order valence-corrected chi connectivity index (χ4v) is 4.01. The maximum Gasteiger partial charge on any atom is 0.0198 e. The average Bonchev–Trinajstić information content (AvgIpc) is 2.56. The van der Waals surface area contributed by atoms with Gasteiger partial charge in [-0.15, -0.1) is 0 Å². The van der Waals surface area contributed by atoms with Crippen molar-refractivity contribution in [1.82, 2.24) is 10.2 Å². The minimum absolute atomic E-state index is 0.945. The largest absolute Gasteiger partial charge is 0.316 e. The highest BCUT2D eigenvalue weighted by Gasteiger charge is 2.39. The molecule has 3 saturated heterocycles. The highest BCUT2D eigenvalue weighted by Crippen LogP contribution is 2.37. The Labute approximate surface area is 78.1 Å². The van der Waals surface area contributed by atoms with Crippen molar-refractivity contribution in [2.75, 3.05) is 31.9 Å². The van der Waals surface area contributed by atoms with E-state index in [2.05, 4.69) is 22.0 Å². The topological polar surface area (TPSA) is 15.3 Å². The van der Waals surface area contributed by atoms with Crippen molar-refractivity contribution in [3.63, 3.8) is 0 Å². The minimum Gasteiger partial charge on any atom is -0.316 e. The van der Waals surface area contributed by atoms with Gasteiger partial charge in [-0.2, -0.15) is 11.8 Å². The van der Waals surface area contributed by atoms with Crippen molar-refractivity contribution in [1.29, 1.82) is 0 Å². The average molecular weight is 184 g/mol. The predicted molar refractivity (Wildman–Crippen MR) is 52.6 cm³/mol. The Bertz CT molecular complexity index is 181. The van der Waals surface area contributed by atoms with Crippen LogP contribution in [0.25, 0.3) is 0 Å². The van der Waals surface area contributed by atoms with Crippen molar-refractivity contribution in [2.24, 2.45) is 5.92 Å². The summed E-state index contributed by atoms with van der Waals surface area (Å²) in [6, 6.07) is 0.945. The zero-order valence-electron chi connectivity index (χ0n) is 7.33. The molecule has 2 bridgehead atoms.